The fourth-order valence-corrected chi connectivity index (χ4v) is 4.88. The molecule has 0 saturated heterocycles. The molecule has 4 rings (SSSR count). The maximum absolute atomic E-state index is 13.1. The van der Waals surface area contributed by atoms with Gasteiger partial charge in [-0.05, 0) is 60.2 Å². The summed E-state index contributed by atoms with van der Waals surface area (Å²) in [5.41, 5.74) is 1.92. The van der Waals surface area contributed by atoms with Gasteiger partial charge >= 0.3 is 0 Å². The number of rotatable bonds is 5. The third-order valence-electron chi connectivity index (χ3n) is 5.10. The SMILES string of the molecule is O=S(=O)(NC(c1ccc2c(c1)CCO2)C1CC(O)C1)c1ccc(F)cc1. The Hall–Kier alpha value is -1.96. The van der Waals surface area contributed by atoms with E-state index in [0.717, 1.165) is 35.4 Å². The number of aliphatic hydroxyl groups is 1. The zero-order valence-corrected chi connectivity index (χ0v) is 14.9. The third-order valence-corrected chi connectivity index (χ3v) is 6.56. The molecule has 0 amide bonds. The van der Waals surface area contributed by atoms with Gasteiger partial charge in [0.2, 0.25) is 10.0 Å². The molecule has 7 heteroatoms. The van der Waals surface area contributed by atoms with Crippen molar-refractivity contribution in [3.05, 3.63) is 59.4 Å². The summed E-state index contributed by atoms with van der Waals surface area (Å²) in [4.78, 5) is 0.0215. The normalized spacial score (nSPS) is 23.0. The van der Waals surface area contributed by atoms with Crippen molar-refractivity contribution in [3.8, 4) is 5.75 Å². The third kappa shape index (κ3) is 3.34. The maximum Gasteiger partial charge on any atom is 0.241 e. The van der Waals surface area contributed by atoms with E-state index in [2.05, 4.69) is 4.72 Å². The van der Waals surface area contributed by atoms with Crippen LogP contribution in [0.2, 0.25) is 0 Å². The number of halogens is 1. The molecule has 1 atom stereocenters. The summed E-state index contributed by atoms with van der Waals surface area (Å²) in [6.07, 6.45) is 1.50. The summed E-state index contributed by atoms with van der Waals surface area (Å²) in [6.45, 7) is 0.632. The molecule has 1 saturated carbocycles. The molecule has 1 aliphatic carbocycles. The van der Waals surface area contributed by atoms with E-state index in [-0.39, 0.29) is 10.8 Å². The van der Waals surface area contributed by atoms with Gasteiger partial charge in [0.15, 0.2) is 0 Å². The Kier molecular flexibility index (Phi) is 4.46. The lowest BCUT2D eigenvalue weighted by atomic mass is 9.75. The summed E-state index contributed by atoms with van der Waals surface area (Å²) >= 11 is 0. The van der Waals surface area contributed by atoms with Crippen LogP contribution in [0.3, 0.4) is 0 Å². The summed E-state index contributed by atoms with van der Waals surface area (Å²) in [5.74, 6) is 0.365. The zero-order chi connectivity index (χ0) is 18.3. The van der Waals surface area contributed by atoms with E-state index < -0.39 is 28.0 Å². The van der Waals surface area contributed by atoms with Crippen LogP contribution in [0, 0.1) is 11.7 Å². The molecule has 2 aliphatic rings. The van der Waals surface area contributed by atoms with Crippen molar-refractivity contribution in [1.29, 1.82) is 0 Å². The maximum atomic E-state index is 13.1. The first-order valence-corrected chi connectivity index (χ1v) is 10.1. The minimum atomic E-state index is -3.81. The van der Waals surface area contributed by atoms with Crippen LogP contribution in [0.1, 0.15) is 30.0 Å². The first-order chi connectivity index (χ1) is 12.4. The van der Waals surface area contributed by atoms with Crippen molar-refractivity contribution in [2.75, 3.05) is 6.61 Å². The van der Waals surface area contributed by atoms with Gasteiger partial charge in [0.25, 0.3) is 0 Å². The predicted molar refractivity (Wildman–Crippen MR) is 93.8 cm³/mol. The van der Waals surface area contributed by atoms with Gasteiger partial charge in [-0.25, -0.2) is 17.5 Å². The average molecular weight is 377 g/mol. The largest absolute Gasteiger partial charge is 0.493 e. The molecule has 0 bridgehead atoms. The first kappa shape index (κ1) is 17.5. The van der Waals surface area contributed by atoms with Crippen molar-refractivity contribution < 1.29 is 22.7 Å². The number of sulfonamides is 1. The fraction of sp³-hybridized carbons (Fsp3) is 0.368. The highest BCUT2D eigenvalue weighted by atomic mass is 32.2. The molecule has 1 unspecified atom stereocenters. The van der Waals surface area contributed by atoms with Crippen LogP contribution in [0.25, 0.3) is 0 Å². The second-order valence-corrected chi connectivity index (χ2v) is 8.62. The monoisotopic (exact) mass is 377 g/mol. The van der Waals surface area contributed by atoms with Gasteiger partial charge in [-0.2, -0.15) is 0 Å². The van der Waals surface area contributed by atoms with Crippen LogP contribution in [-0.2, 0) is 16.4 Å². The van der Waals surface area contributed by atoms with Crippen LogP contribution in [0.5, 0.6) is 5.75 Å². The zero-order valence-electron chi connectivity index (χ0n) is 14.1. The number of hydrogen-bond donors (Lipinski definition) is 2. The van der Waals surface area contributed by atoms with E-state index in [1.165, 1.54) is 12.1 Å². The van der Waals surface area contributed by atoms with Crippen LogP contribution in [0.4, 0.5) is 4.39 Å². The highest BCUT2D eigenvalue weighted by molar-refractivity contribution is 7.89. The van der Waals surface area contributed by atoms with Crippen molar-refractivity contribution in [2.24, 2.45) is 5.92 Å². The number of hydrogen-bond acceptors (Lipinski definition) is 4. The van der Waals surface area contributed by atoms with Crippen molar-refractivity contribution >= 4 is 10.0 Å². The number of benzene rings is 2. The Balaban J connectivity index is 1.64. The molecular formula is C19H20FNO4S. The molecule has 5 nitrogen and oxygen atoms in total. The molecule has 2 N–H and O–H groups in total. The van der Waals surface area contributed by atoms with Crippen LogP contribution >= 0.6 is 0 Å². The van der Waals surface area contributed by atoms with E-state index in [9.17, 15) is 17.9 Å². The van der Waals surface area contributed by atoms with Gasteiger partial charge in [0.1, 0.15) is 11.6 Å². The van der Waals surface area contributed by atoms with Crippen molar-refractivity contribution in [2.45, 2.75) is 36.3 Å². The highest BCUT2D eigenvalue weighted by Gasteiger charge is 2.37. The quantitative estimate of drug-likeness (QED) is 0.840. The molecule has 2 aromatic rings. The minimum Gasteiger partial charge on any atom is -0.493 e. The van der Waals surface area contributed by atoms with Gasteiger partial charge in [0.05, 0.1) is 17.6 Å². The van der Waals surface area contributed by atoms with Crippen LogP contribution in [-0.4, -0.2) is 26.2 Å². The standard InChI is InChI=1S/C19H20FNO4S/c20-15-2-4-17(5-3-15)26(23,24)21-19(14-10-16(22)11-14)13-1-6-18-12(9-13)7-8-25-18/h1-6,9,14,16,19,21-22H,7-8,10-11H2. The van der Waals surface area contributed by atoms with Gasteiger partial charge < -0.3 is 9.84 Å². The van der Waals surface area contributed by atoms with E-state index in [0.29, 0.717) is 19.4 Å². The van der Waals surface area contributed by atoms with Crippen LogP contribution in [0.15, 0.2) is 47.4 Å². The number of aliphatic hydroxyl groups excluding tert-OH is 1. The number of ether oxygens (including phenoxy) is 1. The molecule has 2 aromatic carbocycles. The first-order valence-electron chi connectivity index (χ1n) is 8.64. The Labute approximate surface area is 151 Å². The lowest BCUT2D eigenvalue weighted by molar-refractivity contribution is 0.0280. The topological polar surface area (TPSA) is 75.6 Å². The Bertz CT molecular complexity index is 908. The van der Waals surface area contributed by atoms with Gasteiger partial charge in [-0.15, -0.1) is 0 Å². The van der Waals surface area contributed by atoms with E-state index >= 15 is 0 Å². The molecule has 1 heterocycles. The molecule has 0 aromatic heterocycles. The van der Waals surface area contributed by atoms with Crippen molar-refractivity contribution in [3.63, 3.8) is 0 Å². The van der Waals surface area contributed by atoms with E-state index in [1.54, 1.807) is 0 Å². The molecule has 1 fully saturated rings. The smallest absolute Gasteiger partial charge is 0.241 e. The molecule has 0 radical (unpaired) electrons. The second-order valence-electron chi connectivity index (χ2n) is 6.90. The second kappa shape index (κ2) is 6.64. The summed E-state index contributed by atoms with van der Waals surface area (Å²) in [6, 6.07) is 10.0. The van der Waals surface area contributed by atoms with E-state index in [1.807, 2.05) is 18.2 Å². The van der Waals surface area contributed by atoms with Gasteiger partial charge in [-0.1, -0.05) is 12.1 Å². The van der Waals surface area contributed by atoms with Gasteiger partial charge in [-0.3, -0.25) is 0 Å². The lowest BCUT2D eigenvalue weighted by Gasteiger charge is -2.38. The predicted octanol–water partition coefficient (Wildman–Crippen LogP) is 2.55. The molecule has 1 aliphatic heterocycles. The number of fused-ring (bicyclic) bond motifs is 1. The summed E-state index contributed by atoms with van der Waals surface area (Å²) in [5, 5.41) is 9.68. The average Bonchev–Trinajstić information content (AvgIpc) is 3.05. The number of nitrogens with one attached hydrogen (secondary N) is 1. The Morgan fingerprint density at radius 3 is 2.58 bits per heavy atom. The van der Waals surface area contributed by atoms with Gasteiger partial charge in [0, 0.05) is 12.5 Å². The lowest BCUT2D eigenvalue weighted by Crippen LogP contribution is -2.41. The molecule has 0 spiro atoms. The Morgan fingerprint density at radius 1 is 1.15 bits per heavy atom. The van der Waals surface area contributed by atoms with Crippen molar-refractivity contribution in [1.82, 2.24) is 4.72 Å². The molecular weight excluding hydrogens is 357 g/mol. The van der Waals surface area contributed by atoms with Crippen LogP contribution < -0.4 is 9.46 Å². The highest BCUT2D eigenvalue weighted by Crippen LogP contribution is 2.40. The Morgan fingerprint density at radius 2 is 1.88 bits per heavy atom. The minimum absolute atomic E-state index is 0.0144. The molecule has 138 valence electrons. The van der Waals surface area contributed by atoms with E-state index in [4.69, 9.17) is 4.74 Å². The summed E-state index contributed by atoms with van der Waals surface area (Å²) < 4.78 is 46.9. The molecule has 26 heavy (non-hydrogen) atoms. The fourth-order valence-electron chi connectivity index (χ4n) is 3.59. The summed E-state index contributed by atoms with van der Waals surface area (Å²) in [7, 11) is -3.81.